The van der Waals surface area contributed by atoms with E-state index < -0.39 is 11.2 Å². The third-order valence-corrected chi connectivity index (χ3v) is 4.31. The van der Waals surface area contributed by atoms with Gasteiger partial charge in [-0.05, 0) is 24.3 Å². The molecule has 1 N–H and O–H groups in total. The van der Waals surface area contributed by atoms with Gasteiger partial charge >= 0.3 is 0 Å². The first-order valence-corrected chi connectivity index (χ1v) is 8.21. The molecule has 8 heteroatoms. The van der Waals surface area contributed by atoms with E-state index in [9.17, 15) is 9.90 Å². The molecule has 0 unspecified atom stereocenters. The Morgan fingerprint density at radius 2 is 1.43 bits per heavy atom. The molecular formula is C20H20O8. The maximum atomic E-state index is 12.8. The molecule has 0 saturated carbocycles. The van der Waals surface area contributed by atoms with Crippen LogP contribution in [0.3, 0.4) is 0 Å². The van der Waals surface area contributed by atoms with Crippen LogP contribution in [0.5, 0.6) is 34.5 Å². The lowest BCUT2D eigenvalue weighted by molar-refractivity contribution is 0.323. The minimum absolute atomic E-state index is 0.0380. The monoisotopic (exact) mass is 388 g/mol. The van der Waals surface area contributed by atoms with Crippen molar-refractivity contribution in [2.24, 2.45) is 0 Å². The second-order valence-corrected chi connectivity index (χ2v) is 5.70. The van der Waals surface area contributed by atoms with Crippen molar-refractivity contribution in [2.75, 3.05) is 35.5 Å². The highest BCUT2D eigenvalue weighted by Crippen LogP contribution is 2.45. The Morgan fingerprint density at radius 1 is 0.786 bits per heavy atom. The number of benzene rings is 2. The summed E-state index contributed by atoms with van der Waals surface area (Å²) in [5, 5.41) is 10.6. The lowest BCUT2D eigenvalue weighted by atomic mass is 10.1. The highest BCUT2D eigenvalue weighted by atomic mass is 16.5. The Labute approximate surface area is 160 Å². The van der Waals surface area contributed by atoms with Gasteiger partial charge in [0, 0.05) is 5.56 Å². The van der Waals surface area contributed by atoms with Crippen LogP contribution in [0.2, 0.25) is 0 Å². The number of rotatable bonds is 6. The van der Waals surface area contributed by atoms with E-state index in [4.69, 9.17) is 28.1 Å². The molecule has 1 heterocycles. The van der Waals surface area contributed by atoms with Crippen LogP contribution in [-0.4, -0.2) is 40.7 Å². The van der Waals surface area contributed by atoms with Crippen molar-refractivity contribution in [2.45, 2.75) is 0 Å². The molecule has 0 radical (unpaired) electrons. The summed E-state index contributed by atoms with van der Waals surface area (Å²) < 4.78 is 32.4. The van der Waals surface area contributed by atoms with Crippen LogP contribution in [0.4, 0.5) is 0 Å². The van der Waals surface area contributed by atoms with E-state index in [1.807, 2.05) is 0 Å². The molecule has 3 aromatic rings. The topological polar surface area (TPSA) is 96.6 Å². The van der Waals surface area contributed by atoms with E-state index in [1.54, 1.807) is 18.2 Å². The van der Waals surface area contributed by atoms with Crippen LogP contribution in [0.25, 0.3) is 22.3 Å². The highest BCUT2D eigenvalue weighted by Gasteiger charge is 2.24. The molecule has 28 heavy (non-hydrogen) atoms. The highest BCUT2D eigenvalue weighted by molar-refractivity contribution is 5.91. The van der Waals surface area contributed by atoms with E-state index in [2.05, 4.69) is 0 Å². The maximum absolute atomic E-state index is 12.8. The van der Waals surface area contributed by atoms with Crippen molar-refractivity contribution in [3.63, 3.8) is 0 Å². The Hall–Kier alpha value is -3.55. The second kappa shape index (κ2) is 7.59. The Morgan fingerprint density at radius 3 is 2.00 bits per heavy atom. The molecule has 2 aromatic carbocycles. The van der Waals surface area contributed by atoms with Crippen LogP contribution < -0.4 is 29.1 Å². The summed E-state index contributed by atoms with van der Waals surface area (Å²) in [5.41, 5.74) is -0.0935. The van der Waals surface area contributed by atoms with Crippen molar-refractivity contribution >= 4 is 11.0 Å². The zero-order chi connectivity index (χ0) is 20.4. The van der Waals surface area contributed by atoms with Crippen LogP contribution in [0, 0.1) is 0 Å². The molecule has 0 aliphatic rings. The van der Waals surface area contributed by atoms with Crippen LogP contribution >= 0.6 is 0 Å². The van der Waals surface area contributed by atoms with Gasteiger partial charge in [-0.2, -0.15) is 0 Å². The largest absolute Gasteiger partial charge is 0.502 e. The second-order valence-electron chi connectivity index (χ2n) is 5.70. The molecule has 0 bridgehead atoms. The standard InChI is InChI=1S/C20H20O8/c1-23-12-7-6-10(8-13(12)24-2)17-16(22)15(21)11-9-14(25-3)19(26-4)20(27-5)18(11)28-17/h6-9,22H,1-5H3. The first-order chi connectivity index (χ1) is 13.5. The SMILES string of the molecule is COc1ccc(-c2oc3c(OC)c(OC)c(OC)cc3c(=O)c2O)cc1OC. The molecule has 148 valence electrons. The van der Waals surface area contributed by atoms with Crippen molar-refractivity contribution in [1.29, 1.82) is 0 Å². The lowest BCUT2D eigenvalue weighted by Crippen LogP contribution is -2.05. The van der Waals surface area contributed by atoms with Gasteiger partial charge in [-0.1, -0.05) is 0 Å². The fourth-order valence-electron chi connectivity index (χ4n) is 2.95. The van der Waals surface area contributed by atoms with Gasteiger partial charge in [0.2, 0.25) is 22.7 Å². The van der Waals surface area contributed by atoms with Gasteiger partial charge in [0.25, 0.3) is 0 Å². The minimum Gasteiger partial charge on any atom is -0.502 e. The molecule has 8 nitrogen and oxygen atoms in total. The van der Waals surface area contributed by atoms with E-state index in [0.29, 0.717) is 17.1 Å². The third kappa shape index (κ3) is 2.92. The fourth-order valence-corrected chi connectivity index (χ4v) is 2.95. The van der Waals surface area contributed by atoms with Crippen LogP contribution in [0.1, 0.15) is 0 Å². The zero-order valence-electron chi connectivity index (χ0n) is 16.1. The van der Waals surface area contributed by atoms with Gasteiger partial charge in [-0.25, -0.2) is 0 Å². The molecule has 0 saturated heterocycles. The summed E-state index contributed by atoms with van der Waals surface area (Å²) in [6, 6.07) is 6.30. The number of methoxy groups -OCH3 is 5. The van der Waals surface area contributed by atoms with Gasteiger partial charge in [0.1, 0.15) is 0 Å². The molecule has 0 fully saturated rings. The summed E-state index contributed by atoms with van der Waals surface area (Å²) in [6.45, 7) is 0. The lowest BCUT2D eigenvalue weighted by Gasteiger charge is -2.15. The molecular weight excluding hydrogens is 368 g/mol. The average molecular weight is 388 g/mol. The third-order valence-electron chi connectivity index (χ3n) is 4.31. The number of hydrogen-bond acceptors (Lipinski definition) is 8. The van der Waals surface area contributed by atoms with E-state index in [0.717, 1.165) is 0 Å². The molecule has 1 aromatic heterocycles. The molecule has 0 atom stereocenters. The van der Waals surface area contributed by atoms with Gasteiger partial charge in [-0.15, -0.1) is 0 Å². The molecule has 3 rings (SSSR count). The minimum atomic E-state index is -0.634. The first-order valence-electron chi connectivity index (χ1n) is 8.21. The first kappa shape index (κ1) is 19.2. The predicted molar refractivity (Wildman–Crippen MR) is 102 cm³/mol. The summed E-state index contributed by atoms with van der Waals surface area (Å²) in [6.07, 6.45) is 0. The quantitative estimate of drug-likeness (QED) is 0.688. The summed E-state index contributed by atoms with van der Waals surface area (Å²) in [4.78, 5) is 12.8. The smallest absolute Gasteiger partial charge is 0.235 e. The molecule has 0 aliphatic heterocycles. The normalized spacial score (nSPS) is 10.6. The average Bonchev–Trinajstić information content (AvgIpc) is 2.74. The fraction of sp³-hybridized carbons (Fsp3) is 0.250. The van der Waals surface area contributed by atoms with Gasteiger partial charge in [0.15, 0.2) is 28.6 Å². The van der Waals surface area contributed by atoms with Crippen LogP contribution in [-0.2, 0) is 0 Å². The Bertz CT molecular complexity index is 1080. The summed E-state index contributed by atoms with van der Waals surface area (Å²) >= 11 is 0. The van der Waals surface area contributed by atoms with Crippen molar-refractivity contribution < 1.29 is 33.2 Å². The molecule has 0 amide bonds. The maximum Gasteiger partial charge on any atom is 0.235 e. The van der Waals surface area contributed by atoms with E-state index in [1.165, 1.54) is 41.6 Å². The van der Waals surface area contributed by atoms with E-state index >= 15 is 0 Å². The van der Waals surface area contributed by atoms with Crippen LogP contribution in [0.15, 0.2) is 33.5 Å². The number of fused-ring (bicyclic) bond motifs is 1. The van der Waals surface area contributed by atoms with Crippen molar-refractivity contribution in [3.05, 3.63) is 34.5 Å². The van der Waals surface area contributed by atoms with Gasteiger partial charge < -0.3 is 33.2 Å². The van der Waals surface area contributed by atoms with Crippen molar-refractivity contribution in [1.82, 2.24) is 0 Å². The van der Waals surface area contributed by atoms with Gasteiger partial charge in [0.05, 0.1) is 40.9 Å². The Kier molecular flexibility index (Phi) is 5.21. The molecule has 0 aliphatic carbocycles. The zero-order valence-corrected chi connectivity index (χ0v) is 16.1. The summed E-state index contributed by atoms with van der Waals surface area (Å²) in [7, 11) is 7.29. The number of ether oxygens (including phenoxy) is 5. The van der Waals surface area contributed by atoms with E-state index in [-0.39, 0.29) is 34.0 Å². The Balaban J connectivity index is 2.37. The van der Waals surface area contributed by atoms with Crippen molar-refractivity contribution in [3.8, 4) is 45.8 Å². The summed E-state index contributed by atoms with van der Waals surface area (Å²) in [5.74, 6) is 1.05. The predicted octanol–water partition coefficient (Wildman–Crippen LogP) is 3.21. The number of hydrogen-bond donors (Lipinski definition) is 1. The number of aromatic hydroxyl groups is 1. The van der Waals surface area contributed by atoms with Gasteiger partial charge in [-0.3, -0.25) is 4.79 Å². The molecule has 0 spiro atoms.